The molecule has 0 atom stereocenters. The topological polar surface area (TPSA) is 74.6 Å². The van der Waals surface area contributed by atoms with Gasteiger partial charge in [0.15, 0.2) is 11.5 Å². The van der Waals surface area contributed by atoms with Gasteiger partial charge in [-0.25, -0.2) is 9.97 Å². The number of aromatic nitrogens is 3. The van der Waals surface area contributed by atoms with Crippen molar-refractivity contribution in [3.63, 3.8) is 0 Å². The maximum absolute atomic E-state index is 12.1. The molecule has 2 aromatic rings. The first-order valence-corrected chi connectivity index (χ1v) is 6.61. The average Bonchev–Trinajstić information content (AvgIpc) is 2.89. The van der Waals surface area contributed by atoms with Crippen molar-refractivity contribution >= 4 is 23.2 Å². The molecule has 1 aliphatic heterocycles. The zero-order valence-electron chi connectivity index (χ0n) is 11.8. The van der Waals surface area contributed by atoms with Crippen molar-refractivity contribution in [1.82, 2.24) is 19.7 Å². The predicted octanol–water partition coefficient (Wildman–Crippen LogP) is 0.486. The van der Waals surface area contributed by atoms with Crippen molar-refractivity contribution in [1.29, 1.82) is 0 Å². The summed E-state index contributed by atoms with van der Waals surface area (Å²) < 4.78 is 1.91. The van der Waals surface area contributed by atoms with Gasteiger partial charge in [-0.15, -0.1) is 0 Å². The van der Waals surface area contributed by atoms with Crippen LogP contribution in [0.4, 0.5) is 11.6 Å². The Labute approximate surface area is 117 Å². The van der Waals surface area contributed by atoms with Crippen molar-refractivity contribution in [2.45, 2.75) is 19.4 Å². The van der Waals surface area contributed by atoms with Crippen molar-refractivity contribution in [2.24, 2.45) is 0 Å². The summed E-state index contributed by atoms with van der Waals surface area (Å²) in [4.78, 5) is 23.1. The van der Waals surface area contributed by atoms with Crippen LogP contribution in [-0.2, 0) is 4.79 Å². The van der Waals surface area contributed by atoms with E-state index in [9.17, 15) is 4.79 Å². The van der Waals surface area contributed by atoms with E-state index in [4.69, 9.17) is 0 Å². The molecule has 0 saturated carbocycles. The first-order valence-electron chi connectivity index (χ1n) is 6.61. The summed E-state index contributed by atoms with van der Waals surface area (Å²) >= 11 is 0. The fourth-order valence-electron chi connectivity index (χ4n) is 2.49. The van der Waals surface area contributed by atoms with E-state index in [1.165, 1.54) is 0 Å². The third kappa shape index (κ3) is 1.77. The van der Waals surface area contributed by atoms with Gasteiger partial charge in [0.1, 0.15) is 11.4 Å². The summed E-state index contributed by atoms with van der Waals surface area (Å²) in [6, 6.07) is 0. The highest BCUT2D eigenvalue weighted by molar-refractivity contribution is 5.91. The Kier molecular flexibility index (Phi) is 2.77. The summed E-state index contributed by atoms with van der Waals surface area (Å²) in [6.45, 7) is 5.12. The van der Waals surface area contributed by atoms with Crippen molar-refractivity contribution in [3.8, 4) is 0 Å². The number of imidazole rings is 1. The molecule has 3 rings (SSSR count). The van der Waals surface area contributed by atoms with E-state index in [1.807, 2.05) is 42.6 Å². The second-order valence-electron chi connectivity index (χ2n) is 5.32. The molecular weight excluding hydrogens is 256 g/mol. The largest absolute Gasteiger partial charge is 0.372 e. The zero-order chi connectivity index (χ0) is 14.3. The lowest BCUT2D eigenvalue weighted by atomic mass is 9.99. The molecule has 1 saturated heterocycles. The van der Waals surface area contributed by atoms with Gasteiger partial charge in [0, 0.05) is 32.5 Å². The molecule has 1 fully saturated rings. The fourth-order valence-corrected chi connectivity index (χ4v) is 2.49. The number of rotatable bonds is 2. The van der Waals surface area contributed by atoms with Crippen LogP contribution in [-0.4, -0.2) is 46.0 Å². The van der Waals surface area contributed by atoms with Crippen LogP contribution in [0.15, 0.2) is 18.6 Å². The first-order chi connectivity index (χ1) is 9.54. The van der Waals surface area contributed by atoms with Gasteiger partial charge in [-0.1, -0.05) is 0 Å². The molecule has 1 amide bonds. The number of amides is 1. The molecule has 106 valence electrons. The lowest BCUT2D eigenvalue weighted by Crippen LogP contribution is -2.62. The summed E-state index contributed by atoms with van der Waals surface area (Å²) in [5.41, 5.74) is 0.108. The van der Waals surface area contributed by atoms with E-state index in [0.29, 0.717) is 13.1 Å². The Morgan fingerprint density at radius 1 is 1.45 bits per heavy atom. The minimum Gasteiger partial charge on any atom is -0.372 e. The standard InChI is InChI=1S/C13H18N6O/c1-13(2)12(20)16-5-7-19(13)11-10-15-4-6-18(10)8-9(14-3)17-11/h4,6,8,14H,5,7H2,1-3H3,(H,16,20). The Balaban J connectivity index is 2.17. The Hall–Kier alpha value is -2.31. The monoisotopic (exact) mass is 274 g/mol. The van der Waals surface area contributed by atoms with Gasteiger partial charge < -0.3 is 19.9 Å². The molecule has 3 heterocycles. The van der Waals surface area contributed by atoms with E-state index in [1.54, 1.807) is 6.20 Å². The van der Waals surface area contributed by atoms with Gasteiger partial charge in [0.25, 0.3) is 0 Å². The highest BCUT2D eigenvalue weighted by Gasteiger charge is 2.39. The second kappa shape index (κ2) is 4.36. The third-order valence-electron chi connectivity index (χ3n) is 3.72. The smallest absolute Gasteiger partial charge is 0.245 e. The predicted molar refractivity (Wildman–Crippen MR) is 77.0 cm³/mol. The minimum absolute atomic E-state index is 0.00474. The molecule has 7 heteroatoms. The summed E-state index contributed by atoms with van der Waals surface area (Å²) in [5.74, 6) is 1.47. The molecule has 0 unspecified atom stereocenters. The van der Waals surface area contributed by atoms with Crippen molar-refractivity contribution in [3.05, 3.63) is 18.6 Å². The normalized spacial score (nSPS) is 18.1. The van der Waals surface area contributed by atoms with Gasteiger partial charge in [-0.3, -0.25) is 4.79 Å². The molecular formula is C13H18N6O. The quantitative estimate of drug-likeness (QED) is 0.833. The van der Waals surface area contributed by atoms with Crippen molar-refractivity contribution < 1.29 is 4.79 Å². The van der Waals surface area contributed by atoms with Crippen LogP contribution in [0.1, 0.15) is 13.8 Å². The van der Waals surface area contributed by atoms with Gasteiger partial charge >= 0.3 is 0 Å². The van der Waals surface area contributed by atoms with Crippen LogP contribution >= 0.6 is 0 Å². The van der Waals surface area contributed by atoms with E-state index < -0.39 is 5.54 Å². The van der Waals surface area contributed by atoms with Crippen LogP contribution < -0.4 is 15.5 Å². The molecule has 1 aliphatic rings. The molecule has 20 heavy (non-hydrogen) atoms. The summed E-state index contributed by atoms with van der Waals surface area (Å²) in [5, 5.41) is 5.93. The minimum atomic E-state index is -0.649. The van der Waals surface area contributed by atoms with Crippen LogP contribution in [0.3, 0.4) is 0 Å². The molecule has 0 spiro atoms. The molecule has 0 radical (unpaired) electrons. The molecule has 7 nitrogen and oxygen atoms in total. The van der Waals surface area contributed by atoms with Crippen LogP contribution in [0.25, 0.3) is 5.65 Å². The first kappa shape index (κ1) is 12.7. The van der Waals surface area contributed by atoms with Gasteiger partial charge in [0.2, 0.25) is 5.91 Å². The number of nitrogens with one attached hydrogen (secondary N) is 2. The second-order valence-corrected chi connectivity index (χ2v) is 5.32. The number of nitrogens with zero attached hydrogens (tertiary/aromatic N) is 4. The zero-order valence-corrected chi connectivity index (χ0v) is 11.8. The summed E-state index contributed by atoms with van der Waals surface area (Å²) in [6.07, 6.45) is 5.48. The molecule has 2 N–H and O–H groups in total. The number of fused-ring (bicyclic) bond motifs is 1. The van der Waals surface area contributed by atoms with Crippen LogP contribution in [0.5, 0.6) is 0 Å². The number of anilines is 2. The van der Waals surface area contributed by atoms with Gasteiger partial charge in [-0.05, 0) is 13.8 Å². The maximum atomic E-state index is 12.1. The number of carbonyl (C=O) groups excluding carboxylic acids is 1. The van der Waals surface area contributed by atoms with Gasteiger partial charge in [-0.2, -0.15) is 0 Å². The van der Waals surface area contributed by atoms with Crippen molar-refractivity contribution in [2.75, 3.05) is 30.4 Å². The van der Waals surface area contributed by atoms with E-state index in [-0.39, 0.29) is 5.91 Å². The lowest BCUT2D eigenvalue weighted by molar-refractivity contribution is -0.126. The van der Waals surface area contributed by atoms with E-state index in [2.05, 4.69) is 20.6 Å². The Morgan fingerprint density at radius 3 is 3.00 bits per heavy atom. The van der Waals surface area contributed by atoms with Crippen LogP contribution in [0.2, 0.25) is 0 Å². The highest BCUT2D eigenvalue weighted by Crippen LogP contribution is 2.28. The number of piperazine rings is 1. The number of hydrogen-bond donors (Lipinski definition) is 2. The molecule has 2 aromatic heterocycles. The van der Waals surface area contributed by atoms with Crippen LogP contribution in [0, 0.1) is 0 Å². The molecule has 0 aromatic carbocycles. The van der Waals surface area contributed by atoms with E-state index in [0.717, 1.165) is 17.3 Å². The summed E-state index contributed by atoms with van der Waals surface area (Å²) in [7, 11) is 1.82. The third-order valence-corrected chi connectivity index (χ3v) is 3.72. The number of carbonyl (C=O) groups is 1. The SMILES string of the molecule is CNc1cn2ccnc2c(N2CCNC(=O)C2(C)C)n1. The molecule has 0 bridgehead atoms. The highest BCUT2D eigenvalue weighted by atomic mass is 16.2. The van der Waals surface area contributed by atoms with Gasteiger partial charge in [0.05, 0.1) is 6.20 Å². The lowest BCUT2D eigenvalue weighted by Gasteiger charge is -2.42. The van der Waals surface area contributed by atoms with E-state index >= 15 is 0 Å². The Morgan fingerprint density at radius 2 is 2.25 bits per heavy atom. The maximum Gasteiger partial charge on any atom is 0.245 e. The number of hydrogen-bond acceptors (Lipinski definition) is 5. The Bertz CT molecular complexity index is 662. The molecule has 0 aliphatic carbocycles. The average molecular weight is 274 g/mol. The fraction of sp³-hybridized carbons (Fsp3) is 0.462.